The zero-order chi connectivity index (χ0) is 16.9. The number of hydrogen-bond donors (Lipinski definition) is 3. The fraction of sp³-hybridized carbons (Fsp3) is 0.167. The van der Waals surface area contributed by atoms with E-state index >= 15 is 0 Å². The monoisotopic (exact) mass is 339 g/mol. The van der Waals surface area contributed by atoms with Gasteiger partial charge in [0.15, 0.2) is 5.11 Å². The number of thiocarbonyl (C=S) groups is 1. The molecule has 3 N–H and O–H groups in total. The van der Waals surface area contributed by atoms with Crippen LogP contribution in [0.25, 0.3) is 0 Å². The topological polar surface area (TPSA) is 70.2 Å². The highest BCUT2D eigenvalue weighted by atomic mass is 32.1. The van der Waals surface area contributed by atoms with Crippen LogP contribution in [0.2, 0.25) is 0 Å². The van der Waals surface area contributed by atoms with Gasteiger partial charge in [-0.05, 0) is 49.3 Å². The number of carbonyl (C=O) groups is 2. The minimum absolute atomic E-state index is 0.0706. The highest BCUT2D eigenvalue weighted by Gasteiger charge is 2.30. The Hall–Kier alpha value is -2.73. The SMILES string of the molecule is O=C(Nc1ccccc1)c1ccccc1NC(=S)NC(=O)C1CC1. The van der Waals surface area contributed by atoms with E-state index in [1.54, 1.807) is 24.3 Å². The van der Waals surface area contributed by atoms with Crippen LogP contribution in [0.15, 0.2) is 54.6 Å². The van der Waals surface area contributed by atoms with E-state index in [1.807, 2.05) is 30.3 Å². The number of rotatable bonds is 4. The first-order valence-electron chi connectivity index (χ1n) is 7.71. The molecule has 0 aromatic heterocycles. The molecule has 1 aliphatic carbocycles. The van der Waals surface area contributed by atoms with Gasteiger partial charge in [-0.15, -0.1) is 0 Å². The van der Waals surface area contributed by atoms with E-state index < -0.39 is 0 Å². The first-order chi connectivity index (χ1) is 11.6. The predicted octanol–water partition coefficient (Wildman–Crippen LogP) is 3.16. The second-order valence-electron chi connectivity index (χ2n) is 5.58. The number of nitrogens with one attached hydrogen (secondary N) is 3. The predicted molar refractivity (Wildman–Crippen MR) is 97.9 cm³/mol. The third-order valence-electron chi connectivity index (χ3n) is 3.64. The number of carbonyl (C=O) groups excluding carboxylic acids is 2. The van der Waals surface area contributed by atoms with Gasteiger partial charge >= 0.3 is 0 Å². The van der Waals surface area contributed by atoms with Crippen molar-refractivity contribution in [3.8, 4) is 0 Å². The smallest absolute Gasteiger partial charge is 0.257 e. The molecule has 2 aromatic rings. The minimum Gasteiger partial charge on any atom is -0.332 e. The zero-order valence-corrected chi connectivity index (χ0v) is 13.7. The van der Waals surface area contributed by atoms with Gasteiger partial charge in [0.25, 0.3) is 5.91 Å². The molecule has 5 nitrogen and oxygen atoms in total. The fourth-order valence-electron chi connectivity index (χ4n) is 2.22. The first kappa shape index (κ1) is 16.1. The zero-order valence-electron chi connectivity index (χ0n) is 12.9. The summed E-state index contributed by atoms with van der Waals surface area (Å²) in [7, 11) is 0. The number of anilines is 2. The molecule has 2 aromatic carbocycles. The van der Waals surface area contributed by atoms with Crippen molar-refractivity contribution >= 4 is 40.5 Å². The Labute approximate surface area is 145 Å². The Balaban J connectivity index is 1.69. The third kappa shape index (κ3) is 4.17. The second kappa shape index (κ2) is 7.23. The lowest BCUT2D eigenvalue weighted by atomic mass is 10.1. The molecule has 1 aliphatic rings. The van der Waals surface area contributed by atoms with Gasteiger partial charge in [-0.2, -0.15) is 0 Å². The molecule has 3 rings (SSSR count). The van der Waals surface area contributed by atoms with E-state index in [9.17, 15) is 9.59 Å². The van der Waals surface area contributed by atoms with Crippen molar-refractivity contribution in [3.05, 3.63) is 60.2 Å². The summed E-state index contributed by atoms with van der Waals surface area (Å²) in [6.45, 7) is 0. The van der Waals surface area contributed by atoms with Gasteiger partial charge in [0.1, 0.15) is 0 Å². The molecule has 0 atom stereocenters. The van der Waals surface area contributed by atoms with Crippen LogP contribution in [0.5, 0.6) is 0 Å². The summed E-state index contributed by atoms with van der Waals surface area (Å²) in [5.74, 6) is -0.249. The molecule has 1 fully saturated rings. The molecule has 0 heterocycles. The van der Waals surface area contributed by atoms with Gasteiger partial charge < -0.3 is 16.0 Å². The van der Waals surface area contributed by atoms with Crippen molar-refractivity contribution in [1.29, 1.82) is 0 Å². The maximum absolute atomic E-state index is 12.5. The number of para-hydroxylation sites is 2. The summed E-state index contributed by atoms with van der Waals surface area (Å²) in [4.78, 5) is 24.2. The Morgan fingerprint density at radius 1 is 0.917 bits per heavy atom. The Morgan fingerprint density at radius 3 is 2.29 bits per heavy atom. The summed E-state index contributed by atoms with van der Waals surface area (Å²) in [5, 5.41) is 8.62. The first-order valence-corrected chi connectivity index (χ1v) is 8.11. The number of benzene rings is 2. The van der Waals surface area contributed by atoms with E-state index in [2.05, 4.69) is 16.0 Å². The normalized spacial score (nSPS) is 13.0. The van der Waals surface area contributed by atoms with Gasteiger partial charge in [0.2, 0.25) is 5.91 Å². The number of hydrogen-bond acceptors (Lipinski definition) is 3. The fourth-order valence-corrected chi connectivity index (χ4v) is 2.43. The molecule has 0 aliphatic heterocycles. The van der Waals surface area contributed by atoms with Crippen molar-refractivity contribution < 1.29 is 9.59 Å². The molecule has 0 bridgehead atoms. The highest BCUT2D eigenvalue weighted by molar-refractivity contribution is 7.80. The Bertz CT molecular complexity index is 773. The Morgan fingerprint density at radius 2 is 1.58 bits per heavy atom. The van der Waals surface area contributed by atoms with Crippen molar-refractivity contribution in [1.82, 2.24) is 5.32 Å². The molecule has 0 unspecified atom stereocenters. The lowest BCUT2D eigenvalue weighted by Gasteiger charge is -2.13. The molecule has 6 heteroatoms. The summed E-state index contributed by atoms with van der Waals surface area (Å²) in [6.07, 6.45) is 1.81. The molecule has 122 valence electrons. The molecule has 1 saturated carbocycles. The summed E-state index contributed by atoms with van der Waals surface area (Å²) in [6, 6.07) is 16.2. The second-order valence-corrected chi connectivity index (χ2v) is 5.99. The summed E-state index contributed by atoms with van der Waals surface area (Å²) < 4.78 is 0. The van der Waals surface area contributed by atoms with Crippen LogP contribution in [0.1, 0.15) is 23.2 Å². The lowest BCUT2D eigenvalue weighted by molar-refractivity contribution is -0.120. The molecular weight excluding hydrogens is 322 g/mol. The minimum atomic E-state index is -0.249. The molecule has 0 spiro atoms. The molecule has 0 radical (unpaired) electrons. The van der Waals surface area contributed by atoms with Gasteiger partial charge in [-0.25, -0.2) is 0 Å². The maximum Gasteiger partial charge on any atom is 0.257 e. The van der Waals surface area contributed by atoms with Crippen LogP contribution < -0.4 is 16.0 Å². The van der Waals surface area contributed by atoms with Crippen LogP contribution in [0.4, 0.5) is 11.4 Å². The van der Waals surface area contributed by atoms with Crippen molar-refractivity contribution in [2.75, 3.05) is 10.6 Å². The van der Waals surface area contributed by atoms with Gasteiger partial charge in [-0.1, -0.05) is 30.3 Å². The highest BCUT2D eigenvalue weighted by Crippen LogP contribution is 2.28. The number of amides is 2. The van der Waals surface area contributed by atoms with E-state index in [0.717, 1.165) is 12.8 Å². The van der Waals surface area contributed by atoms with Crippen LogP contribution >= 0.6 is 12.2 Å². The molecule has 0 saturated heterocycles. The van der Waals surface area contributed by atoms with E-state index in [0.29, 0.717) is 16.9 Å². The van der Waals surface area contributed by atoms with Gasteiger partial charge in [0, 0.05) is 11.6 Å². The van der Waals surface area contributed by atoms with Crippen molar-refractivity contribution in [3.63, 3.8) is 0 Å². The lowest BCUT2D eigenvalue weighted by Crippen LogP contribution is -2.35. The third-order valence-corrected chi connectivity index (χ3v) is 3.84. The average Bonchev–Trinajstić information content (AvgIpc) is 3.41. The van der Waals surface area contributed by atoms with E-state index in [-0.39, 0.29) is 22.8 Å². The van der Waals surface area contributed by atoms with Gasteiger partial charge in [0.05, 0.1) is 11.3 Å². The van der Waals surface area contributed by atoms with Crippen LogP contribution in [-0.2, 0) is 4.79 Å². The quantitative estimate of drug-likeness (QED) is 0.749. The molecule has 2 amide bonds. The van der Waals surface area contributed by atoms with E-state index in [4.69, 9.17) is 12.2 Å². The van der Waals surface area contributed by atoms with Crippen LogP contribution in [0, 0.1) is 5.92 Å². The summed E-state index contributed by atoms with van der Waals surface area (Å²) in [5.41, 5.74) is 1.71. The van der Waals surface area contributed by atoms with Gasteiger partial charge in [-0.3, -0.25) is 9.59 Å². The molecular formula is C18H17N3O2S. The van der Waals surface area contributed by atoms with Crippen LogP contribution in [0.3, 0.4) is 0 Å². The average molecular weight is 339 g/mol. The standard InChI is InChI=1S/C18H17N3O2S/c22-16(12-10-11-12)21-18(24)20-15-9-5-4-8-14(15)17(23)19-13-6-2-1-3-7-13/h1-9,12H,10-11H2,(H,19,23)(H2,20,21,22,24). The summed E-state index contributed by atoms with van der Waals surface area (Å²) >= 11 is 5.16. The van der Waals surface area contributed by atoms with Crippen LogP contribution in [-0.4, -0.2) is 16.9 Å². The van der Waals surface area contributed by atoms with Crippen molar-refractivity contribution in [2.24, 2.45) is 5.92 Å². The largest absolute Gasteiger partial charge is 0.332 e. The Kier molecular flexibility index (Phi) is 4.86. The maximum atomic E-state index is 12.5. The van der Waals surface area contributed by atoms with E-state index in [1.165, 1.54) is 0 Å². The molecule has 24 heavy (non-hydrogen) atoms. The van der Waals surface area contributed by atoms with Crippen molar-refractivity contribution in [2.45, 2.75) is 12.8 Å².